The minimum Gasteiger partial charge on any atom is -0.545 e. The number of benzene rings is 1. The fourth-order valence-corrected chi connectivity index (χ4v) is 2.03. The van der Waals surface area contributed by atoms with Crippen LogP contribution in [0.1, 0.15) is 5.56 Å². The number of rotatable bonds is 5. The highest BCUT2D eigenvalue weighted by Gasteiger charge is 2.09. The van der Waals surface area contributed by atoms with Crippen molar-refractivity contribution >= 4 is 11.9 Å². The molecule has 0 radical (unpaired) electrons. The van der Waals surface area contributed by atoms with Crippen molar-refractivity contribution in [2.45, 2.75) is 6.54 Å². The van der Waals surface area contributed by atoms with Gasteiger partial charge in [-0.25, -0.2) is 0 Å². The van der Waals surface area contributed by atoms with Crippen molar-refractivity contribution in [2.75, 3.05) is 33.3 Å². The highest BCUT2D eigenvalue weighted by Crippen LogP contribution is 2.14. The highest BCUT2D eigenvalue weighted by molar-refractivity contribution is 5.87. The molecule has 1 aliphatic rings. The fraction of sp³-hybridized carbons (Fsp3) is 0.375. The van der Waals surface area contributed by atoms with Gasteiger partial charge in [0.2, 0.25) is 0 Å². The van der Waals surface area contributed by atoms with Crippen LogP contribution in [0.5, 0.6) is 5.75 Å². The summed E-state index contributed by atoms with van der Waals surface area (Å²) in [6.07, 6.45) is 0.769. The van der Waals surface area contributed by atoms with Crippen molar-refractivity contribution in [3.05, 3.63) is 42.0 Å². The van der Waals surface area contributed by atoms with Crippen LogP contribution in [0.25, 0.3) is 0 Å². The van der Waals surface area contributed by atoms with Crippen molar-refractivity contribution in [1.82, 2.24) is 10.2 Å². The van der Waals surface area contributed by atoms with Gasteiger partial charge < -0.3 is 29.9 Å². The van der Waals surface area contributed by atoms with Crippen LogP contribution in [-0.2, 0) is 16.1 Å². The second-order valence-corrected chi connectivity index (χ2v) is 4.85. The molecule has 0 aromatic heterocycles. The largest absolute Gasteiger partial charge is 0.545 e. The molecule has 7 heteroatoms. The molecule has 0 amide bonds. The van der Waals surface area contributed by atoms with Gasteiger partial charge in [-0.05, 0) is 29.8 Å². The Kier molecular flexibility index (Phi) is 8.41. The van der Waals surface area contributed by atoms with E-state index in [1.807, 2.05) is 6.07 Å². The number of ether oxygens (including phenoxy) is 1. The molecule has 0 spiro atoms. The summed E-state index contributed by atoms with van der Waals surface area (Å²) in [6.45, 7) is 5.50. The van der Waals surface area contributed by atoms with E-state index < -0.39 is 11.9 Å². The first kappa shape index (κ1) is 18.7. The number of carbonyl (C=O) groups is 2. The summed E-state index contributed by atoms with van der Waals surface area (Å²) in [5, 5.41) is 22.2. The van der Waals surface area contributed by atoms with Crippen LogP contribution in [0, 0.1) is 0 Å². The monoisotopic (exact) mass is 320 g/mol. The normalized spacial score (nSPS) is 14.8. The summed E-state index contributed by atoms with van der Waals surface area (Å²) >= 11 is 0. The Bertz CT molecular complexity index is 523. The third kappa shape index (κ3) is 8.60. The molecule has 0 saturated carbocycles. The first-order valence-electron chi connectivity index (χ1n) is 7.17. The van der Waals surface area contributed by atoms with Gasteiger partial charge in [0.05, 0.1) is 19.0 Å². The zero-order valence-corrected chi connectivity index (χ0v) is 13.0. The van der Waals surface area contributed by atoms with Gasteiger partial charge >= 0.3 is 0 Å². The molecule has 1 heterocycles. The van der Waals surface area contributed by atoms with Gasteiger partial charge in [-0.15, -0.1) is 0 Å². The van der Waals surface area contributed by atoms with Crippen molar-refractivity contribution in [3.8, 4) is 5.75 Å². The number of nitrogens with zero attached hydrogens (tertiary/aromatic N) is 1. The fourth-order valence-electron chi connectivity index (χ4n) is 2.03. The Labute approximate surface area is 135 Å². The molecular formula is C16H20N2O5-2. The van der Waals surface area contributed by atoms with E-state index in [2.05, 4.69) is 28.4 Å². The van der Waals surface area contributed by atoms with Crippen molar-refractivity contribution in [2.24, 2.45) is 0 Å². The van der Waals surface area contributed by atoms with Gasteiger partial charge in [-0.2, -0.15) is 0 Å². The number of carbonyl (C=O) groups excluding carboxylic acids is 2. The lowest BCUT2D eigenvalue weighted by atomic mass is 10.2. The maximum absolute atomic E-state index is 9.41. The number of aliphatic carboxylic acids is 2. The molecule has 1 aromatic carbocycles. The maximum Gasteiger partial charge on any atom is 0.119 e. The van der Waals surface area contributed by atoms with E-state index in [1.54, 1.807) is 7.11 Å². The van der Waals surface area contributed by atoms with Crippen LogP contribution in [0.4, 0.5) is 0 Å². The predicted molar refractivity (Wildman–Crippen MR) is 80.3 cm³/mol. The lowest BCUT2D eigenvalue weighted by molar-refractivity contribution is -0.301. The van der Waals surface area contributed by atoms with Crippen LogP contribution in [-0.4, -0.2) is 50.1 Å². The average Bonchev–Trinajstić information content (AvgIpc) is 2.55. The minimum atomic E-state index is -1.55. The van der Waals surface area contributed by atoms with Crippen molar-refractivity contribution in [1.29, 1.82) is 0 Å². The summed E-state index contributed by atoms with van der Waals surface area (Å²) in [5.74, 6) is -2.15. The van der Waals surface area contributed by atoms with E-state index >= 15 is 0 Å². The molecule has 1 aromatic rings. The third-order valence-corrected chi connectivity index (χ3v) is 3.11. The first-order valence-corrected chi connectivity index (χ1v) is 7.17. The van der Waals surface area contributed by atoms with E-state index in [9.17, 15) is 19.8 Å². The molecule has 1 N–H and O–H groups in total. The van der Waals surface area contributed by atoms with Crippen LogP contribution >= 0.6 is 0 Å². The topological polar surface area (TPSA) is 105 Å². The Morgan fingerprint density at radius 1 is 1.22 bits per heavy atom. The molecule has 2 rings (SSSR count). The lowest BCUT2D eigenvalue weighted by Gasteiger charge is -2.27. The summed E-state index contributed by atoms with van der Waals surface area (Å²) < 4.78 is 5.21. The van der Waals surface area contributed by atoms with Crippen LogP contribution < -0.4 is 20.3 Å². The Morgan fingerprint density at radius 2 is 1.83 bits per heavy atom. The van der Waals surface area contributed by atoms with Gasteiger partial charge in [-0.3, -0.25) is 4.90 Å². The third-order valence-electron chi connectivity index (χ3n) is 3.11. The molecule has 0 bridgehead atoms. The number of hydrogen-bond donors (Lipinski definition) is 1. The van der Waals surface area contributed by atoms with Crippen LogP contribution in [0.3, 0.4) is 0 Å². The van der Waals surface area contributed by atoms with Crippen molar-refractivity contribution < 1.29 is 24.5 Å². The molecule has 126 valence electrons. The summed E-state index contributed by atoms with van der Waals surface area (Å²) in [4.78, 5) is 21.3. The average molecular weight is 320 g/mol. The number of carboxylic acids is 2. The van der Waals surface area contributed by atoms with Gasteiger partial charge in [0.25, 0.3) is 0 Å². The Morgan fingerprint density at radius 3 is 2.35 bits per heavy atom. The molecule has 0 atom stereocenters. The maximum atomic E-state index is 9.41. The van der Waals surface area contributed by atoms with E-state index in [4.69, 9.17) is 4.74 Å². The number of hydrogen-bond acceptors (Lipinski definition) is 7. The molecule has 1 aliphatic heterocycles. The van der Waals surface area contributed by atoms with Gasteiger partial charge in [-0.1, -0.05) is 12.1 Å². The van der Waals surface area contributed by atoms with E-state index in [-0.39, 0.29) is 0 Å². The van der Waals surface area contributed by atoms with Gasteiger partial charge in [0, 0.05) is 32.7 Å². The molecule has 0 unspecified atom stereocenters. The predicted octanol–water partition coefficient (Wildman–Crippen LogP) is -1.86. The molecule has 1 saturated heterocycles. The molecule has 7 nitrogen and oxygen atoms in total. The lowest BCUT2D eigenvalue weighted by Crippen LogP contribution is -2.42. The summed E-state index contributed by atoms with van der Waals surface area (Å²) in [5.41, 5.74) is 1.33. The zero-order chi connectivity index (χ0) is 17.1. The molecule has 0 aliphatic carbocycles. The molecular weight excluding hydrogens is 300 g/mol. The van der Waals surface area contributed by atoms with Crippen LogP contribution in [0.2, 0.25) is 0 Å². The summed E-state index contributed by atoms with van der Waals surface area (Å²) in [7, 11) is 1.71. The number of nitrogens with one attached hydrogen (secondary N) is 1. The smallest absolute Gasteiger partial charge is 0.119 e. The van der Waals surface area contributed by atoms with Crippen molar-refractivity contribution in [3.63, 3.8) is 0 Å². The Balaban J connectivity index is 0.000000284. The number of piperazine rings is 1. The highest BCUT2D eigenvalue weighted by atomic mass is 16.5. The summed E-state index contributed by atoms with van der Waals surface area (Å²) in [6, 6.07) is 8.31. The Hall–Kier alpha value is -2.38. The van der Waals surface area contributed by atoms with E-state index in [0.717, 1.165) is 38.5 Å². The number of methoxy groups -OCH3 is 1. The van der Waals surface area contributed by atoms with Gasteiger partial charge in [0.15, 0.2) is 0 Å². The minimum absolute atomic E-state index is 0.384. The SMILES string of the molecule is COc1cccc(CN2CCNCC2)c1.O=C([O-])/C=C\C(=O)[O-]. The number of carboxylic acid groups (broad SMARTS) is 2. The second kappa shape index (κ2) is 10.4. The zero-order valence-electron chi connectivity index (χ0n) is 13.0. The molecule has 23 heavy (non-hydrogen) atoms. The van der Waals surface area contributed by atoms with Gasteiger partial charge in [0.1, 0.15) is 5.75 Å². The standard InChI is InChI=1S/C12H18N2O.C4H4O4/c1-15-12-4-2-3-11(9-12)10-14-7-5-13-6-8-14;5-3(6)1-2-4(7)8/h2-4,9,13H,5-8,10H2,1H3;1-2H,(H,5,6)(H,7,8)/p-2/b;2-1-. The molecule has 1 fully saturated rings. The van der Waals surface area contributed by atoms with Crippen LogP contribution in [0.15, 0.2) is 36.4 Å². The quantitative estimate of drug-likeness (QED) is 0.635. The second-order valence-electron chi connectivity index (χ2n) is 4.85. The van der Waals surface area contributed by atoms with E-state index in [1.165, 1.54) is 5.56 Å². The first-order chi connectivity index (χ1) is 11.0. The van der Waals surface area contributed by atoms with E-state index in [0.29, 0.717) is 12.2 Å².